The van der Waals surface area contributed by atoms with Gasteiger partial charge >= 0.3 is 6.09 Å². The van der Waals surface area contributed by atoms with Gasteiger partial charge in [-0.3, -0.25) is 10.1 Å². The predicted octanol–water partition coefficient (Wildman–Crippen LogP) is -0.362. The molecule has 20 heavy (non-hydrogen) atoms. The molecule has 1 unspecified atom stereocenters. The highest BCUT2D eigenvalue weighted by atomic mass is 16.6. The summed E-state index contributed by atoms with van der Waals surface area (Å²) in [6, 6.07) is -1.11. The monoisotopic (exact) mass is 286 g/mol. The summed E-state index contributed by atoms with van der Waals surface area (Å²) in [7, 11) is 0. The molecule has 0 fully saturated rings. The van der Waals surface area contributed by atoms with Crippen LogP contribution in [0.5, 0.6) is 0 Å². The topological polar surface area (TPSA) is 96.9 Å². The molecule has 0 aliphatic heterocycles. The van der Waals surface area contributed by atoms with Gasteiger partial charge in [-0.25, -0.2) is 4.79 Å². The summed E-state index contributed by atoms with van der Waals surface area (Å²) in [4.78, 5) is 23.2. The van der Waals surface area contributed by atoms with Gasteiger partial charge in [0.05, 0.1) is 19.8 Å². The zero-order valence-electron chi connectivity index (χ0n) is 12.1. The quantitative estimate of drug-likeness (QED) is 0.438. The predicted molar refractivity (Wildman–Crippen MR) is 72.9 cm³/mol. The van der Waals surface area contributed by atoms with E-state index in [2.05, 4.69) is 16.6 Å². The van der Waals surface area contributed by atoms with Gasteiger partial charge in [-0.05, 0) is 20.8 Å². The van der Waals surface area contributed by atoms with E-state index in [9.17, 15) is 9.59 Å². The third kappa shape index (κ3) is 9.19. The van der Waals surface area contributed by atoms with Crippen LogP contribution in [0.1, 0.15) is 20.8 Å². The smallest absolute Gasteiger partial charge is 0.409 e. The van der Waals surface area contributed by atoms with E-state index in [1.54, 1.807) is 20.8 Å². The van der Waals surface area contributed by atoms with Gasteiger partial charge in [0.1, 0.15) is 5.60 Å². The van der Waals surface area contributed by atoms with Gasteiger partial charge in [0, 0.05) is 6.54 Å². The van der Waals surface area contributed by atoms with Crippen LogP contribution in [0.15, 0.2) is 0 Å². The van der Waals surface area contributed by atoms with Crippen LogP contribution < -0.4 is 10.6 Å². The van der Waals surface area contributed by atoms with Gasteiger partial charge in [-0.15, -0.1) is 6.42 Å². The number of rotatable bonds is 7. The molecular formula is C13H22N2O5. The van der Waals surface area contributed by atoms with E-state index in [0.717, 1.165) is 0 Å². The molecule has 0 bridgehead atoms. The van der Waals surface area contributed by atoms with Gasteiger partial charge in [-0.1, -0.05) is 5.92 Å². The minimum Gasteiger partial charge on any atom is -0.444 e. The number of alkyl carbamates (subject to hydrolysis) is 1. The van der Waals surface area contributed by atoms with Crippen molar-refractivity contribution in [3.63, 3.8) is 0 Å². The van der Waals surface area contributed by atoms with E-state index >= 15 is 0 Å². The number of aliphatic hydroxyl groups excluding tert-OH is 1. The molecule has 0 radical (unpaired) electrons. The summed E-state index contributed by atoms with van der Waals surface area (Å²) in [5, 5.41) is 13.3. The Morgan fingerprint density at radius 1 is 1.35 bits per heavy atom. The molecule has 7 heteroatoms. The van der Waals surface area contributed by atoms with Crippen LogP contribution in [0, 0.1) is 12.3 Å². The van der Waals surface area contributed by atoms with Crippen LogP contribution in [-0.4, -0.2) is 55.1 Å². The molecular weight excluding hydrogens is 264 g/mol. The van der Waals surface area contributed by atoms with Crippen LogP contribution in [0.3, 0.4) is 0 Å². The number of nitrogens with one attached hydrogen (secondary N) is 2. The van der Waals surface area contributed by atoms with Gasteiger partial charge in [0.25, 0.3) is 5.91 Å². The number of carbonyl (C=O) groups is 2. The highest BCUT2D eigenvalue weighted by molar-refractivity contribution is 5.88. The molecule has 0 aromatic rings. The number of hydrogen-bond acceptors (Lipinski definition) is 5. The summed E-state index contributed by atoms with van der Waals surface area (Å²) in [5.41, 5.74) is -0.669. The van der Waals surface area contributed by atoms with Crippen LogP contribution >= 0.6 is 0 Å². The summed E-state index contributed by atoms with van der Waals surface area (Å²) in [5.74, 6) is 1.64. The Morgan fingerprint density at radius 2 is 2.00 bits per heavy atom. The van der Waals surface area contributed by atoms with E-state index in [0.29, 0.717) is 0 Å². The molecule has 0 spiro atoms. The molecule has 0 aliphatic rings. The lowest BCUT2D eigenvalue weighted by molar-refractivity contribution is -0.122. The maximum Gasteiger partial charge on any atom is 0.409 e. The van der Waals surface area contributed by atoms with Crippen molar-refractivity contribution in [2.24, 2.45) is 0 Å². The third-order valence-electron chi connectivity index (χ3n) is 1.87. The highest BCUT2D eigenvalue weighted by Gasteiger charge is 2.22. The van der Waals surface area contributed by atoms with Crippen molar-refractivity contribution in [2.45, 2.75) is 32.4 Å². The standard InChI is InChI=1S/C13H22N2O5/c1-5-10(15-12(18)20-13(2,3)4)11(17)14-6-8-19-9-7-16/h1,10,16H,6-9H2,2-4H3,(H,14,17)(H,15,18). The molecule has 0 aromatic heterocycles. The molecule has 114 valence electrons. The van der Waals surface area contributed by atoms with Gasteiger partial charge in [0.2, 0.25) is 0 Å². The zero-order valence-corrected chi connectivity index (χ0v) is 12.1. The van der Waals surface area contributed by atoms with Crippen molar-refractivity contribution in [1.82, 2.24) is 10.6 Å². The maximum absolute atomic E-state index is 11.7. The molecule has 0 heterocycles. The zero-order chi connectivity index (χ0) is 15.6. The van der Waals surface area contributed by atoms with Crippen LogP contribution in [0.25, 0.3) is 0 Å². The van der Waals surface area contributed by atoms with E-state index < -0.39 is 23.6 Å². The lowest BCUT2D eigenvalue weighted by atomic mass is 10.2. The van der Waals surface area contributed by atoms with Gasteiger partial charge in [-0.2, -0.15) is 0 Å². The highest BCUT2D eigenvalue weighted by Crippen LogP contribution is 2.06. The average Bonchev–Trinajstić information content (AvgIpc) is 2.33. The Morgan fingerprint density at radius 3 is 2.50 bits per heavy atom. The minimum atomic E-state index is -1.11. The largest absolute Gasteiger partial charge is 0.444 e. The van der Waals surface area contributed by atoms with Crippen LogP contribution in [0.2, 0.25) is 0 Å². The molecule has 0 aromatic carbocycles. The fourth-order valence-electron chi connectivity index (χ4n) is 1.12. The molecule has 2 amide bonds. The number of hydrogen-bond donors (Lipinski definition) is 3. The molecule has 7 nitrogen and oxygen atoms in total. The number of amides is 2. The van der Waals surface area contributed by atoms with Crippen molar-refractivity contribution in [3.8, 4) is 12.3 Å². The van der Waals surface area contributed by atoms with Gasteiger partial charge < -0.3 is 19.9 Å². The summed E-state index contributed by atoms with van der Waals surface area (Å²) < 4.78 is 9.96. The normalized spacial score (nSPS) is 12.2. The summed E-state index contributed by atoms with van der Waals surface area (Å²) >= 11 is 0. The molecule has 0 aliphatic carbocycles. The number of ether oxygens (including phenoxy) is 2. The van der Waals surface area contributed by atoms with E-state index in [1.165, 1.54) is 0 Å². The fraction of sp³-hybridized carbons (Fsp3) is 0.692. The Hall–Kier alpha value is -1.78. The second kappa shape index (κ2) is 9.18. The van der Waals surface area contributed by atoms with Crippen LogP contribution in [0.4, 0.5) is 4.79 Å². The summed E-state index contributed by atoms with van der Waals surface area (Å²) in [6.07, 6.45) is 4.43. The Bertz CT molecular complexity index is 357. The first-order valence-corrected chi connectivity index (χ1v) is 6.22. The summed E-state index contributed by atoms with van der Waals surface area (Å²) in [6.45, 7) is 5.71. The first-order valence-electron chi connectivity index (χ1n) is 6.22. The van der Waals surface area contributed by atoms with E-state index in [1.807, 2.05) is 0 Å². The molecule has 0 saturated carbocycles. The van der Waals surface area contributed by atoms with E-state index in [4.69, 9.17) is 21.0 Å². The fourth-order valence-corrected chi connectivity index (χ4v) is 1.12. The molecule has 0 saturated heterocycles. The SMILES string of the molecule is C#CC(NC(=O)OC(C)(C)C)C(=O)NCCOCCO. The van der Waals surface area contributed by atoms with Crippen molar-refractivity contribution < 1.29 is 24.2 Å². The van der Waals surface area contributed by atoms with Gasteiger partial charge in [0.15, 0.2) is 6.04 Å². The third-order valence-corrected chi connectivity index (χ3v) is 1.87. The molecule has 0 rings (SSSR count). The Kier molecular flexibility index (Phi) is 8.36. The number of carbonyl (C=O) groups excluding carboxylic acids is 2. The molecule has 3 N–H and O–H groups in total. The second-order valence-electron chi connectivity index (χ2n) is 4.87. The molecule has 1 atom stereocenters. The number of aliphatic hydroxyl groups is 1. The van der Waals surface area contributed by atoms with Crippen molar-refractivity contribution in [3.05, 3.63) is 0 Å². The van der Waals surface area contributed by atoms with E-state index in [-0.39, 0.29) is 26.4 Å². The van der Waals surface area contributed by atoms with Crippen LogP contribution in [-0.2, 0) is 14.3 Å². The first kappa shape index (κ1) is 18.2. The lowest BCUT2D eigenvalue weighted by Gasteiger charge is -2.21. The minimum absolute atomic E-state index is 0.0822. The Balaban J connectivity index is 4.10. The van der Waals surface area contributed by atoms with Crippen molar-refractivity contribution in [1.29, 1.82) is 0 Å². The second-order valence-corrected chi connectivity index (χ2v) is 4.87. The average molecular weight is 286 g/mol. The van der Waals surface area contributed by atoms with Crippen molar-refractivity contribution >= 4 is 12.0 Å². The Labute approximate surface area is 119 Å². The maximum atomic E-state index is 11.7. The first-order chi connectivity index (χ1) is 9.30. The lowest BCUT2D eigenvalue weighted by Crippen LogP contribution is -2.48. The van der Waals surface area contributed by atoms with Crippen molar-refractivity contribution in [2.75, 3.05) is 26.4 Å². The number of terminal acetylenes is 1.